The van der Waals surface area contributed by atoms with Crippen LogP contribution in [-0.2, 0) is 4.79 Å². The number of hydrogen-bond acceptors (Lipinski definition) is 3. The van der Waals surface area contributed by atoms with Crippen LogP contribution in [0.25, 0.3) is 0 Å². The van der Waals surface area contributed by atoms with Gasteiger partial charge >= 0.3 is 0 Å². The third-order valence-corrected chi connectivity index (χ3v) is 2.40. The summed E-state index contributed by atoms with van der Waals surface area (Å²) in [6.45, 7) is 6.75. The van der Waals surface area contributed by atoms with E-state index in [1.54, 1.807) is 0 Å². The van der Waals surface area contributed by atoms with Crippen molar-refractivity contribution in [3.05, 3.63) is 0 Å². The van der Waals surface area contributed by atoms with E-state index in [-0.39, 0.29) is 5.91 Å². The molecule has 4 nitrogen and oxygen atoms in total. The molecule has 0 aliphatic heterocycles. The van der Waals surface area contributed by atoms with Gasteiger partial charge in [-0.1, -0.05) is 5.92 Å². The Morgan fingerprint density at radius 3 is 2.75 bits per heavy atom. The van der Waals surface area contributed by atoms with E-state index in [1.807, 2.05) is 0 Å². The molecule has 0 saturated carbocycles. The van der Waals surface area contributed by atoms with E-state index in [0.29, 0.717) is 25.7 Å². The van der Waals surface area contributed by atoms with Gasteiger partial charge in [-0.25, -0.2) is 0 Å². The lowest BCUT2D eigenvalue weighted by Gasteiger charge is -2.20. The third kappa shape index (κ3) is 8.27. The van der Waals surface area contributed by atoms with E-state index in [2.05, 4.69) is 42.3 Å². The number of carbonyl (C=O) groups excluding carboxylic acids is 1. The zero-order valence-corrected chi connectivity index (χ0v) is 10.5. The Kier molecular flexibility index (Phi) is 8.59. The van der Waals surface area contributed by atoms with Crippen molar-refractivity contribution in [1.82, 2.24) is 15.5 Å². The number of terminal acetylenes is 1. The Bertz CT molecular complexity index is 233. The van der Waals surface area contributed by atoms with E-state index < -0.39 is 0 Å². The fourth-order valence-corrected chi connectivity index (χ4v) is 1.13. The normalized spacial score (nSPS) is 10.5. The van der Waals surface area contributed by atoms with Crippen LogP contribution >= 0.6 is 0 Å². The number of nitrogens with zero attached hydrogens (tertiary/aromatic N) is 1. The molecule has 0 spiro atoms. The summed E-state index contributed by atoms with van der Waals surface area (Å²) in [5.74, 6) is 2.42. The van der Waals surface area contributed by atoms with E-state index in [9.17, 15) is 4.79 Å². The first kappa shape index (κ1) is 14.9. The molecule has 0 saturated heterocycles. The lowest BCUT2D eigenvalue weighted by atomic mass is 10.3. The van der Waals surface area contributed by atoms with Crippen LogP contribution in [0.4, 0.5) is 0 Å². The highest BCUT2D eigenvalue weighted by molar-refractivity contribution is 5.77. The Morgan fingerprint density at radius 2 is 2.19 bits per heavy atom. The molecule has 2 N–H and O–H groups in total. The van der Waals surface area contributed by atoms with Crippen LogP contribution in [0.2, 0.25) is 0 Å². The number of carbonyl (C=O) groups is 1. The minimum atomic E-state index is 0.00227. The van der Waals surface area contributed by atoms with E-state index in [0.717, 1.165) is 13.0 Å². The molecule has 0 bridgehead atoms. The first-order chi connectivity index (χ1) is 7.57. The van der Waals surface area contributed by atoms with Crippen LogP contribution in [0.3, 0.4) is 0 Å². The molecule has 0 fully saturated rings. The number of amides is 1. The highest BCUT2D eigenvalue weighted by Gasteiger charge is 2.03. The molecular weight excluding hydrogens is 202 g/mol. The molecule has 0 atom stereocenters. The number of nitrogens with one attached hydrogen (secondary N) is 2. The third-order valence-electron chi connectivity index (χ3n) is 2.40. The van der Waals surface area contributed by atoms with Crippen molar-refractivity contribution in [2.75, 3.05) is 33.2 Å². The SMILES string of the molecule is C#CCNCC(=O)NCCCN(C)C(C)C. The summed E-state index contributed by atoms with van der Waals surface area (Å²) in [4.78, 5) is 13.5. The molecule has 0 aliphatic carbocycles. The van der Waals surface area contributed by atoms with E-state index >= 15 is 0 Å². The lowest BCUT2D eigenvalue weighted by molar-refractivity contribution is -0.120. The highest BCUT2D eigenvalue weighted by atomic mass is 16.1. The van der Waals surface area contributed by atoms with Crippen molar-refractivity contribution in [3.63, 3.8) is 0 Å². The molecular formula is C12H23N3O. The molecule has 16 heavy (non-hydrogen) atoms. The van der Waals surface area contributed by atoms with Gasteiger partial charge < -0.3 is 10.2 Å². The summed E-state index contributed by atoms with van der Waals surface area (Å²) in [7, 11) is 2.08. The maximum atomic E-state index is 11.2. The first-order valence-corrected chi connectivity index (χ1v) is 5.69. The summed E-state index contributed by atoms with van der Waals surface area (Å²) in [5.41, 5.74) is 0. The van der Waals surface area contributed by atoms with Crippen LogP contribution < -0.4 is 10.6 Å². The lowest BCUT2D eigenvalue weighted by Crippen LogP contribution is -2.36. The molecule has 0 radical (unpaired) electrons. The predicted octanol–water partition coefficient (Wildman–Crippen LogP) is 0.0557. The van der Waals surface area contributed by atoms with Crippen LogP contribution in [0, 0.1) is 12.3 Å². The monoisotopic (exact) mass is 225 g/mol. The van der Waals surface area contributed by atoms with Gasteiger partial charge in [-0.15, -0.1) is 6.42 Å². The zero-order chi connectivity index (χ0) is 12.4. The first-order valence-electron chi connectivity index (χ1n) is 5.69. The van der Waals surface area contributed by atoms with Crippen LogP contribution in [-0.4, -0.2) is 50.1 Å². The topological polar surface area (TPSA) is 44.4 Å². The van der Waals surface area contributed by atoms with Crippen molar-refractivity contribution < 1.29 is 4.79 Å². The van der Waals surface area contributed by atoms with Crippen LogP contribution in [0.1, 0.15) is 20.3 Å². The van der Waals surface area contributed by atoms with Gasteiger partial charge in [-0.3, -0.25) is 10.1 Å². The molecule has 0 aromatic carbocycles. The summed E-state index contributed by atoms with van der Waals surface area (Å²) < 4.78 is 0. The maximum Gasteiger partial charge on any atom is 0.233 e. The van der Waals surface area contributed by atoms with Gasteiger partial charge in [-0.2, -0.15) is 0 Å². The Labute approximate surface area is 98.8 Å². The van der Waals surface area contributed by atoms with Crippen molar-refractivity contribution in [2.45, 2.75) is 26.3 Å². The fraction of sp³-hybridized carbons (Fsp3) is 0.750. The summed E-state index contributed by atoms with van der Waals surface area (Å²) in [6.07, 6.45) is 6.02. The molecule has 92 valence electrons. The standard InChI is InChI=1S/C12H23N3O/c1-5-7-13-10-12(16)14-8-6-9-15(4)11(2)3/h1,11,13H,6-10H2,2-4H3,(H,14,16). The van der Waals surface area contributed by atoms with Gasteiger partial charge in [0.15, 0.2) is 0 Å². The van der Waals surface area contributed by atoms with E-state index in [1.165, 1.54) is 0 Å². The van der Waals surface area contributed by atoms with Gasteiger partial charge in [-0.05, 0) is 33.9 Å². The largest absolute Gasteiger partial charge is 0.355 e. The molecule has 0 heterocycles. The Hall–Kier alpha value is -1.05. The second-order valence-corrected chi connectivity index (χ2v) is 4.09. The molecule has 0 aromatic heterocycles. The second-order valence-electron chi connectivity index (χ2n) is 4.09. The smallest absolute Gasteiger partial charge is 0.233 e. The average Bonchev–Trinajstić information content (AvgIpc) is 2.24. The molecule has 0 unspecified atom stereocenters. The Balaban J connectivity index is 3.38. The fourth-order valence-electron chi connectivity index (χ4n) is 1.13. The zero-order valence-electron chi connectivity index (χ0n) is 10.5. The van der Waals surface area contributed by atoms with Gasteiger partial charge in [0.05, 0.1) is 13.1 Å². The average molecular weight is 225 g/mol. The van der Waals surface area contributed by atoms with Crippen molar-refractivity contribution >= 4 is 5.91 Å². The van der Waals surface area contributed by atoms with Gasteiger partial charge in [0, 0.05) is 12.6 Å². The minimum Gasteiger partial charge on any atom is -0.355 e. The predicted molar refractivity (Wildman–Crippen MR) is 67.1 cm³/mol. The Morgan fingerprint density at radius 1 is 1.50 bits per heavy atom. The quantitative estimate of drug-likeness (QED) is 0.453. The van der Waals surface area contributed by atoms with Crippen LogP contribution in [0.15, 0.2) is 0 Å². The molecule has 1 amide bonds. The molecule has 0 aliphatic rings. The molecule has 0 rings (SSSR count). The van der Waals surface area contributed by atoms with Gasteiger partial charge in [0.1, 0.15) is 0 Å². The van der Waals surface area contributed by atoms with E-state index in [4.69, 9.17) is 6.42 Å². The molecule has 4 heteroatoms. The van der Waals surface area contributed by atoms with Gasteiger partial charge in [0.25, 0.3) is 0 Å². The second kappa shape index (κ2) is 9.20. The van der Waals surface area contributed by atoms with Crippen molar-refractivity contribution in [1.29, 1.82) is 0 Å². The maximum absolute atomic E-state index is 11.2. The summed E-state index contributed by atoms with van der Waals surface area (Å²) in [6, 6.07) is 0.549. The number of hydrogen-bond donors (Lipinski definition) is 2. The van der Waals surface area contributed by atoms with Gasteiger partial charge in [0.2, 0.25) is 5.91 Å². The minimum absolute atomic E-state index is 0.00227. The molecule has 0 aromatic rings. The summed E-state index contributed by atoms with van der Waals surface area (Å²) >= 11 is 0. The van der Waals surface area contributed by atoms with Crippen molar-refractivity contribution in [3.8, 4) is 12.3 Å². The van der Waals surface area contributed by atoms with Crippen LogP contribution in [0.5, 0.6) is 0 Å². The number of rotatable bonds is 8. The summed E-state index contributed by atoms with van der Waals surface area (Å²) in [5, 5.41) is 5.68. The van der Waals surface area contributed by atoms with Crippen molar-refractivity contribution in [2.24, 2.45) is 0 Å². The highest BCUT2D eigenvalue weighted by Crippen LogP contribution is 1.93.